The molecule has 0 radical (unpaired) electrons. The lowest BCUT2D eigenvalue weighted by Crippen LogP contribution is -2.23. The molecule has 3 aromatic rings. The third-order valence-corrected chi connectivity index (χ3v) is 5.01. The predicted octanol–water partition coefficient (Wildman–Crippen LogP) is 2.91. The standard InChI is InChI=1S/C22H26N6O/c1-17-21(18(2)28(26-17)12-3-10-23)8-9-22(29)25-14-19-4-6-20(7-5-19)15-27-13-11-24-16-27/h4-7,11,13,16H,3,8-9,12,14-15H2,1-2H3,(H,25,29). The molecule has 0 spiro atoms. The summed E-state index contributed by atoms with van der Waals surface area (Å²) >= 11 is 0. The molecular weight excluding hydrogens is 364 g/mol. The van der Waals surface area contributed by atoms with Crippen molar-refractivity contribution in [1.29, 1.82) is 5.26 Å². The van der Waals surface area contributed by atoms with Crippen molar-refractivity contribution < 1.29 is 4.79 Å². The lowest BCUT2D eigenvalue weighted by Gasteiger charge is -2.08. The van der Waals surface area contributed by atoms with Crippen LogP contribution in [0.3, 0.4) is 0 Å². The van der Waals surface area contributed by atoms with E-state index in [1.165, 1.54) is 5.56 Å². The highest BCUT2D eigenvalue weighted by atomic mass is 16.1. The Morgan fingerprint density at radius 2 is 1.97 bits per heavy atom. The van der Waals surface area contributed by atoms with E-state index in [-0.39, 0.29) is 5.91 Å². The highest BCUT2D eigenvalue weighted by Gasteiger charge is 2.13. The number of carbonyl (C=O) groups is 1. The predicted molar refractivity (Wildman–Crippen MR) is 110 cm³/mol. The second-order valence-electron chi connectivity index (χ2n) is 7.11. The largest absolute Gasteiger partial charge is 0.352 e. The van der Waals surface area contributed by atoms with E-state index in [4.69, 9.17) is 5.26 Å². The van der Waals surface area contributed by atoms with Crippen LogP contribution in [0, 0.1) is 25.2 Å². The summed E-state index contributed by atoms with van der Waals surface area (Å²) in [4.78, 5) is 16.3. The zero-order chi connectivity index (χ0) is 20.6. The molecule has 0 aliphatic heterocycles. The van der Waals surface area contributed by atoms with Crippen molar-refractivity contribution in [3.05, 3.63) is 71.1 Å². The summed E-state index contributed by atoms with van der Waals surface area (Å²) in [6.07, 6.45) is 7.01. The van der Waals surface area contributed by atoms with E-state index in [2.05, 4.69) is 33.6 Å². The molecular formula is C22H26N6O. The van der Waals surface area contributed by atoms with Gasteiger partial charge in [-0.3, -0.25) is 9.48 Å². The Labute approximate surface area is 171 Å². The topological polar surface area (TPSA) is 88.5 Å². The summed E-state index contributed by atoms with van der Waals surface area (Å²) in [6.45, 7) is 5.84. The first-order valence-corrected chi connectivity index (χ1v) is 9.77. The average molecular weight is 390 g/mol. The van der Waals surface area contributed by atoms with Crippen molar-refractivity contribution in [2.24, 2.45) is 0 Å². The number of carbonyl (C=O) groups excluding carboxylic acids is 1. The maximum atomic E-state index is 12.3. The Morgan fingerprint density at radius 1 is 1.21 bits per heavy atom. The molecule has 150 valence electrons. The van der Waals surface area contributed by atoms with E-state index in [1.54, 1.807) is 12.5 Å². The van der Waals surface area contributed by atoms with Crippen LogP contribution in [-0.4, -0.2) is 25.2 Å². The zero-order valence-corrected chi connectivity index (χ0v) is 16.9. The molecule has 2 aromatic heterocycles. The number of hydrogen-bond acceptors (Lipinski definition) is 4. The van der Waals surface area contributed by atoms with Crippen LogP contribution >= 0.6 is 0 Å². The summed E-state index contributed by atoms with van der Waals surface area (Å²) in [5, 5.41) is 16.2. The molecule has 1 N–H and O–H groups in total. The third kappa shape index (κ3) is 5.55. The van der Waals surface area contributed by atoms with Crippen LogP contribution < -0.4 is 5.32 Å². The number of nitrogens with zero attached hydrogens (tertiary/aromatic N) is 5. The maximum Gasteiger partial charge on any atom is 0.220 e. The van der Waals surface area contributed by atoms with Crippen molar-refractivity contribution in [1.82, 2.24) is 24.6 Å². The molecule has 0 bridgehead atoms. The Balaban J connectivity index is 1.47. The van der Waals surface area contributed by atoms with Gasteiger partial charge in [0.2, 0.25) is 5.91 Å². The number of nitriles is 1. The number of rotatable bonds is 9. The van der Waals surface area contributed by atoms with Crippen molar-refractivity contribution >= 4 is 5.91 Å². The molecule has 2 heterocycles. The highest BCUT2D eigenvalue weighted by Crippen LogP contribution is 2.15. The van der Waals surface area contributed by atoms with Gasteiger partial charge in [-0.25, -0.2) is 4.98 Å². The molecule has 29 heavy (non-hydrogen) atoms. The van der Waals surface area contributed by atoms with Crippen molar-refractivity contribution in [2.45, 2.75) is 52.7 Å². The molecule has 0 aliphatic carbocycles. The minimum absolute atomic E-state index is 0.0241. The molecule has 1 aromatic carbocycles. The second-order valence-corrected chi connectivity index (χ2v) is 7.11. The number of hydrogen-bond donors (Lipinski definition) is 1. The van der Waals surface area contributed by atoms with Gasteiger partial charge < -0.3 is 9.88 Å². The van der Waals surface area contributed by atoms with Crippen molar-refractivity contribution in [3.63, 3.8) is 0 Å². The molecule has 7 nitrogen and oxygen atoms in total. The lowest BCUT2D eigenvalue weighted by atomic mass is 10.1. The quantitative estimate of drug-likeness (QED) is 0.608. The summed E-state index contributed by atoms with van der Waals surface area (Å²) in [5.41, 5.74) is 5.34. The number of benzene rings is 1. The van der Waals surface area contributed by atoms with Gasteiger partial charge in [-0.05, 0) is 37.0 Å². The van der Waals surface area contributed by atoms with Gasteiger partial charge in [-0.2, -0.15) is 10.4 Å². The van der Waals surface area contributed by atoms with Gasteiger partial charge in [0.25, 0.3) is 0 Å². The van der Waals surface area contributed by atoms with Crippen LogP contribution in [0.15, 0.2) is 43.0 Å². The zero-order valence-electron chi connectivity index (χ0n) is 16.9. The number of imidazole rings is 1. The molecule has 0 saturated carbocycles. The van der Waals surface area contributed by atoms with Crippen LogP contribution in [-0.2, 0) is 30.8 Å². The molecule has 0 saturated heterocycles. The molecule has 3 rings (SSSR count). The number of aryl methyl sites for hydroxylation is 2. The fourth-order valence-electron chi connectivity index (χ4n) is 3.35. The van der Waals surface area contributed by atoms with E-state index < -0.39 is 0 Å². The summed E-state index contributed by atoms with van der Waals surface area (Å²) in [5.74, 6) is 0.0241. The molecule has 0 unspecified atom stereocenters. The fraction of sp³-hybridized carbons (Fsp3) is 0.364. The van der Waals surface area contributed by atoms with E-state index in [0.29, 0.717) is 32.4 Å². The van der Waals surface area contributed by atoms with E-state index in [0.717, 1.165) is 29.1 Å². The maximum absolute atomic E-state index is 12.3. The summed E-state index contributed by atoms with van der Waals surface area (Å²) < 4.78 is 3.88. The molecule has 1 amide bonds. The van der Waals surface area contributed by atoms with Crippen molar-refractivity contribution in [3.8, 4) is 6.07 Å². The van der Waals surface area contributed by atoms with Crippen molar-refractivity contribution in [2.75, 3.05) is 0 Å². The van der Waals surface area contributed by atoms with E-state index in [9.17, 15) is 4.79 Å². The molecule has 7 heteroatoms. The first-order valence-electron chi connectivity index (χ1n) is 9.77. The normalized spacial score (nSPS) is 10.7. The third-order valence-electron chi connectivity index (χ3n) is 5.01. The highest BCUT2D eigenvalue weighted by molar-refractivity contribution is 5.76. The summed E-state index contributed by atoms with van der Waals surface area (Å²) in [7, 11) is 0. The first kappa shape index (κ1) is 20.3. The van der Waals surface area contributed by atoms with Gasteiger partial charge in [-0.1, -0.05) is 24.3 Å². The lowest BCUT2D eigenvalue weighted by molar-refractivity contribution is -0.121. The van der Waals surface area contributed by atoms with E-state index >= 15 is 0 Å². The van der Waals surface area contributed by atoms with Crippen LogP contribution in [0.2, 0.25) is 0 Å². The Morgan fingerprint density at radius 3 is 2.66 bits per heavy atom. The Hall–Kier alpha value is -3.40. The minimum Gasteiger partial charge on any atom is -0.352 e. The number of amides is 1. The van der Waals surface area contributed by atoms with Gasteiger partial charge in [0.05, 0.1) is 31.1 Å². The molecule has 0 atom stereocenters. The van der Waals surface area contributed by atoms with Crippen LogP contribution in [0.4, 0.5) is 0 Å². The van der Waals surface area contributed by atoms with Gasteiger partial charge in [0, 0.05) is 37.6 Å². The van der Waals surface area contributed by atoms with Gasteiger partial charge >= 0.3 is 0 Å². The SMILES string of the molecule is Cc1nn(CCC#N)c(C)c1CCC(=O)NCc1ccc(Cn2ccnc2)cc1. The fourth-order valence-corrected chi connectivity index (χ4v) is 3.35. The average Bonchev–Trinajstić information content (AvgIpc) is 3.32. The van der Waals surface area contributed by atoms with Gasteiger partial charge in [-0.15, -0.1) is 0 Å². The monoisotopic (exact) mass is 390 g/mol. The van der Waals surface area contributed by atoms with Crippen LogP contribution in [0.1, 0.15) is 40.9 Å². The molecule has 0 aliphatic rings. The molecule has 0 fully saturated rings. The first-order chi connectivity index (χ1) is 14.1. The minimum atomic E-state index is 0.0241. The summed E-state index contributed by atoms with van der Waals surface area (Å²) in [6, 6.07) is 10.4. The smallest absolute Gasteiger partial charge is 0.220 e. The number of aromatic nitrogens is 4. The van der Waals surface area contributed by atoms with Crippen LogP contribution in [0.5, 0.6) is 0 Å². The van der Waals surface area contributed by atoms with Crippen LogP contribution in [0.25, 0.3) is 0 Å². The van der Waals surface area contributed by atoms with E-state index in [1.807, 2.05) is 41.4 Å². The Bertz CT molecular complexity index is 980. The van der Waals surface area contributed by atoms with Gasteiger partial charge in [0.15, 0.2) is 0 Å². The number of nitrogens with one attached hydrogen (secondary N) is 1. The Kier molecular flexibility index (Phi) is 6.80. The van der Waals surface area contributed by atoms with Gasteiger partial charge in [0.1, 0.15) is 0 Å². The second kappa shape index (κ2) is 9.69.